The van der Waals surface area contributed by atoms with Gasteiger partial charge >= 0.3 is 0 Å². The molecule has 0 bridgehead atoms. The Morgan fingerprint density at radius 1 is 1.12 bits per heavy atom. The Bertz CT molecular complexity index is 686. The molecule has 0 aliphatic heterocycles. The average molecular weight is 340 g/mol. The van der Waals surface area contributed by atoms with E-state index in [4.69, 9.17) is 4.74 Å². The Labute approximate surface area is 150 Å². The van der Waals surface area contributed by atoms with Gasteiger partial charge in [-0.15, -0.1) is 0 Å². The van der Waals surface area contributed by atoms with Gasteiger partial charge in [-0.2, -0.15) is 0 Å². The number of hydrogen-bond donors (Lipinski definition) is 2. The van der Waals surface area contributed by atoms with Gasteiger partial charge in [0.15, 0.2) is 0 Å². The summed E-state index contributed by atoms with van der Waals surface area (Å²) < 4.78 is 5.49. The molecule has 25 heavy (non-hydrogen) atoms. The summed E-state index contributed by atoms with van der Waals surface area (Å²) in [4.78, 5) is 12.2. The Hall–Kier alpha value is -2.49. The predicted molar refractivity (Wildman–Crippen MR) is 103 cm³/mol. The van der Waals surface area contributed by atoms with Crippen LogP contribution < -0.4 is 15.4 Å². The van der Waals surface area contributed by atoms with Crippen molar-refractivity contribution in [2.24, 2.45) is 0 Å². The summed E-state index contributed by atoms with van der Waals surface area (Å²) in [6, 6.07) is 16.1. The highest BCUT2D eigenvalue weighted by molar-refractivity contribution is 5.84. The van der Waals surface area contributed by atoms with Crippen LogP contribution in [0.5, 0.6) is 5.75 Å². The minimum Gasteiger partial charge on any atom is -0.496 e. The van der Waals surface area contributed by atoms with Gasteiger partial charge in [0.25, 0.3) is 0 Å². The molecule has 0 saturated carbocycles. The highest BCUT2D eigenvalue weighted by Crippen LogP contribution is 2.25. The first-order valence-electron chi connectivity index (χ1n) is 8.81. The molecule has 1 amide bonds. The van der Waals surface area contributed by atoms with E-state index in [1.807, 2.05) is 44.2 Å². The van der Waals surface area contributed by atoms with E-state index in [1.165, 1.54) is 5.56 Å². The lowest BCUT2D eigenvalue weighted by atomic mass is 10.0. The summed E-state index contributed by atoms with van der Waals surface area (Å²) in [6.45, 7) is 5.94. The van der Waals surface area contributed by atoms with Crippen LogP contribution in [0.4, 0.5) is 5.69 Å². The fourth-order valence-electron chi connectivity index (χ4n) is 2.61. The zero-order chi connectivity index (χ0) is 18.2. The van der Waals surface area contributed by atoms with Crippen molar-refractivity contribution in [2.75, 3.05) is 12.4 Å². The monoisotopic (exact) mass is 340 g/mol. The van der Waals surface area contributed by atoms with Crippen LogP contribution in [0, 0.1) is 0 Å². The Balaban J connectivity index is 2.11. The number of carbonyl (C=O) groups is 1. The predicted octanol–water partition coefficient (Wildman–Crippen LogP) is 4.00. The number of anilines is 1. The van der Waals surface area contributed by atoms with Crippen molar-refractivity contribution in [3.63, 3.8) is 0 Å². The van der Waals surface area contributed by atoms with Crippen LogP contribution >= 0.6 is 0 Å². The first kappa shape index (κ1) is 18.8. The van der Waals surface area contributed by atoms with E-state index >= 15 is 0 Å². The summed E-state index contributed by atoms with van der Waals surface area (Å²) in [5, 5.41) is 6.28. The van der Waals surface area contributed by atoms with Crippen LogP contribution in [-0.4, -0.2) is 25.1 Å². The van der Waals surface area contributed by atoms with E-state index in [2.05, 4.69) is 35.8 Å². The van der Waals surface area contributed by atoms with Crippen LogP contribution in [0.25, 0.3) is 0 Å². The third kappa shape index (κ3) is 5.52. The number of hydrogen-bond acceptors (Lipinski definition) is 3. The van der Waals surface area contributed by atoms with Crippen molar-refractivity contribution in [1.82, 2.24) is 5.32 Å². The molecule has 2 aromatic carbocycles. The summed E-state index contributed by atoms with van der Waals surface area (Å²) in [5.74, 6) is 0.862. The third-order valence-corrected chi connectivity index (χ3v) is 4.30. The van der Waals surface area contributed by atoms with Crippen LogP contribution in [-0.2, 0) is 11.2 Å². The third-order valence-electron chi connectivity index (χ3n) is 4.30. The smallest absolute Gasteiger partial charge is 0.242 e. The van der Waals surface area contributed by atoms with Gasteiger partial charge in [0.1, 0.15) is 11.8 Å². The minimum absolute atomic E-state index is 0.00905. The quantitative estimate of drug-likeness (QED) is 0.763. The van der Waals surface area contributed by atoms with Crippen LogP contribution in [0.3, 0.4) is 0 Å². The Kier molecular flexibility index (Phi) is 6.87. The van der Waals surface area contributed by atoms with Gasteiger partial charge in [0, 0.05) is 23.7 Å². The van der Waals surface area contributed by atoms with Crippen LogP contribution in [0.1, 0.15) is 38.3 Å². The van der Waals surface area contributed by atoms with Gasteiger partial charge in [-0.25, -0.2) is 0 Å². The number of amides is 1. The van der Waals surface area contributed by atoms with Gasteiger partial charge in [-0.05, 0) is 44.0 Å². The second-order valence-electron chi connectivity index (χ2n) is 6.37. The maximum atomic E-state index is 12.2. The fourth-order valence-corrected chi connectivity index (χ4v) is 2.61. The number of benzene rings is 2. The molecule has 0 saturated heterocycles. The van der Waals surface area contributed by atoms with E-state index in [0.717, 1.165) is 29.8 Å². The van der Waals surface area contributed by atoms with Crippen LogP contribution in [0.2, 0.25) is 0 Å². The molecule has 2 unspecified atom stereocenters. The molecule has 0 aliphatic rings. The number of methoxy groups -OCH3 is 1. The first-order chi connectivity index (χ1) is 12.0. The molecule has 0 fully saturated rings. The molecule has 0 aromatic heterocycles. The number of rotatable bonds is 8. The molecule has 0 radical (unpaired) electrons. The number of ether oxygens (including phenoxy) is 1. The molecule has 134 valence electrons. The molecule has 2 rings (SSSR count). The van der Waals surface area contributed by atoms with Gasteiger partial charge < -0.3 is 15.4 Å². The molecule has 2 N–H and O–H groups in total. The lowest BCUT2D eigenvalue weighted by molar-refractivity contribution is -0.122. The number of nitrogens with one attached hydrogen (secondary N) is 2. The summed E-state index contributed by atoms with van der Waals surface area (Å²) in [7, 11) is 1.68. The zero-order valence-electron chi connectivity index (χ0n) is 15.5. The fraction of sp³-hybridized carbons (Fsp3) is 0.381. The number of carbonyl (C=O) groups excluding carboxylic acids is 1. The second-order valence-corrected chi connectivity index (χ2v) is 6.37. The van der Waals surface area contributed by atoms with Crippen molar-refractivity contribution < 1.29 is 9.53 Å². The van der Waals surface area contributed by atoms with Gasteiger partial charge in [0.05, 0.1) is 7.11 Å². The molecule has 2 atom stereocenters. The highest BCUT2D eigenvalue weighted by Gasteiger charge is 2.15. The van der Waals surface area contributed by atoms with Crippen molar-refractivity contribution >= 4 is 11.6 Å². The topological polar surface area (TPSA) is 50.4 Å². The van der Waals surface area contributed by atoms with E-state index < -0.39 is 0 Å². The first-order valence-corrected chi connectivity index (χ1v) is 8.81. The van der Waals surface area contributed by atoms with Crippen LogP contribution in [0.15, 0.2) is 48.5 Å². The zero-order valence-corrected chi connectivity index (χ0v) is 15.5. The van der Waals surface area contributed by atoms with E-state index in [-0.39, 0.29) is 18.0 Å². The normalized spacial score (nSPS) is 13.0. The molecule has 2 aromatic rings. The molecular formula is C21H28N2O2. The molecule has 0 spiro atoms. The van der Waals surface area contributed by atoms with E-state index in [9.17, 15) is 4.79 Å². The largest absolute Gasteiger partial charge is 0.496 e. The van der Waals surface area contributed by atoms with Crippen molar-refractivity contribution in [2.45, 2.75) is 45.7 Å². The summed E-state index contributed by atoms with van der Waals surface area (Å²) in [6.07, 6.45) is 1.70. The molecule has 4 nitrogen and oxygen atoms in total. The average Bonchev–Trinajstić information content (AvgIpc) is 2.62. The van der Waals surface area contributed by atoms with Crippen molar-refractivity contribution in [1.29, 1.82) is 0 Å². The SMILES string of the molecule is CCC(C)NC(=O)C(C)Nc1ccc(OC)c(Cc2ccccc2)c1. The standard InChI is InChI=1S/C21H28N2O2/c1-5-15(2)22-21(24)16(3)23-19-11-12-20(25-4)18(14-19)13-17-9-7-6-8-10-17/h6-12,14-16,23H,5,13H2,1-4H3,(H,22,24). The minimum atomic E-state index is -0.299. The maximum Gasteiger partial charge on any atom is 0.242 e. The molecule has 4 heteroatoms. The molecule has 0 heterocycles. The van der Waals surface area contributed by atoms with Gasteiger partial charge in [-0.1, -0.05) is 37.3 Å². The molecule has 0 aliphatic carbocycles. The summed E-state index contributed by atoms with van der Waals surface area (Å²) in [5.41, 5.74) is 3.23. The lowest BCUT2D eigenvalue weighted by Crippen LogP contribution is -2.41. The second kappa shape index (κ2) is 9.11. The van der Waals surface area contributed by atoms with E-state index in [1.54, 1.807) is 7.11 Å². The Morgan fingerprint density at radius 2 is 1.84 bits per heavy atom. The van der Waals surface area contributed by atoms with Crippen molar-refractivity contribution in [3.05, 3.63) is 59.7 Å². The highest BCUT2D eigenvalue weighted by atomic mass is 16.5. The van der Waals surface area contributed by atoms with Gasteiger partial charge in [0.2, 0.25) is 5.91 Å². The Morgan fingerprint density at radius 3 is 2.48 bits per heavy atom. The molecular weight excluding hydrogens is 312 g/mol. The van der Waals surface area contributed by atoms with E-state index in [0.29, 0.717) is 0 Å². The van der Waals surface area contributed by atoms with Crippen molar-refractivity contribution in [3.8, 4) is 5.75 Å². The maximum absolute atomic E-state index is 12.2. The lowest BCUT2D eigenvalue weighted by Gasteiger charge is -2.19. The summed E-state index contributed by atoms with van der Waals surface area (Å²) >= 11 is 0. The van der Waals surface area contributed by atoms with Gasteiger partial charge in [-0.3, -0.25) is 4.79 Å².